The van der Waals surface area contributed by atoms with Gasteiger partial charge in [0.05, 0.1) is 18.1 Å². The molecule has 2 N–H and O–H groups in total. The minimum atomic E-state index is 0.215. The first-order valence-corrected chi connectivity index (χ1v) is 7.09. The minimum absolute atomic E-state index is 0.215. The van der Waals surface area contributed by atoms with Gasteiger partial charge in [-0.2, -0.15) is 10.2 Å². The lowest BCUT2D eigenvalue weighted by molar-refractivity contribution is 0.495. The highest BCUT2D eigenvalue weighted by atomic mass is 15.3. The monoisotopic (exact) mass is 281 g/mol. The van der Waals surface area contributed by atoms with E-state index in [9.17, 15) is 0 Å². The zero-order chi connectivity index (χ0) is 14.7. The number of hydrogen-bond acceptors (Lipinski definition) is 3. The van der Waals surface area contributed by atoms with Gasteiger partial charge in [0, 0.05) is 35.6 Å². The van der Waals surface area contributed by atoms with Crippen LogP contribution in [0, 0.1) is 0 Å². The molecule has 21 heavy (non-hydrogen) atoms. The maximum Gasteiger partial charge on any atom is 0.0645 e. The Labute approximate surface area is 124 Å². The number of H-pyrrole nitrogens is 1. The second-order valence-corrected chi connectivity index (χ2v) is 5.20. The largest absolute Gasteiger partial charge is 0.303 e. The van der Waals surface area contributed by atoms with E-state index in [1.54, 1.807) is 0 Å². The van der Waals surface area contributed by atoms with Crippen molar-refractivity contribution in [3.05, 3.63) is 66.2 Å². The van der Waals surface area contributed by atoms with E-state index in [-0.39, 0.29) is 12.1 Å². The van der Waals surface area contributed by atoms with Crippen LogP contribution in [0.3, 0.4) is 0 Å². The number of aromatic amines is 1. The van der Waals surface area contributed by atoms with Crippen molar-refractivity contribution in [1.82, 2.24) is 25.3 Å². The van der Waals surface area contributed by atoms with Crippen molar-refractivity contribution in [2.24, 2.45) is 0 Å². The molecule has 0 aliphatic carbocycles. The van der Waals surface area contributed by atoms with Gasteiger partial charge < -0.3 is 5.32 Å². The Bertz CT molecular complexity index is 672. The molecule has 2 unspecified atom stereocenters. The van der Waals surface area contributed by atoms with Crippen LogP contribution in [0.1, 0.15) is 37.1 Å². The molecule has 3 rings (SSSR count). The fourth-order valence-electron chi connectivity index (χ4n) is 2.35. The van der Waals surface area contributed by atoms with Gasteiger partial charge in [0.2, 0.25) is 0 Å². The maximum absolute atomic E-state index is 4.44. The Hall–Kier alpha value is -2.40. The summed E-state index contributed by atoms with van der Waals surface area (Å²) < 4.78 is 1.90. The summed E-state index contributed by atoms with van der Waals surface area (Å²) in [6.45, 7) is 4.27. The third kappa shape index (κ3) is 3.03. The van der Waals surface area contributed by atoms with Crippen LogP contribution in [0.2, 0.25) is 0 Å². The summed E-state index contributed by atoms with van der Waals surface area (Å²) in [5, 5.41) is 14.8. The number of nitrogens with one attached hydrogen (secondary N) is 2. The van der Waals surface area contributed by atoms with Crippen molar-refractivity contribution in [2.45, 2.75) is 25.9 Å². The second-order valence-electron chi connectivity index (χ2n) is 5.20. The fraction of sp³-hybridized carbons (Fsp3) is 0.250. The van der Waals surface area contributed by atoms with Crippen molar-refractivity contribution >= 4 is 0 Å². The summed E-state index contributed by atoms with van der Waals surface area (Å²) in [5.74, 6) is 0. The lowest BCUT2D eigenvalue weighted by atomic mass is 10.1. The van der Waals surface area contributed by atoms with Crippen LogP contribution in [0.15, 0.2) is 55.1 Å². The molecule has 0 fully saturated rings. The summed E-state index contributed by atoms with van der Waals surface area (Å²) in [6.07, 6.45) is 7.73. The van der Waals surface area contributed by atoms with Crippen LogP contribution in [-0.2, 0) is 0 Å². The van der Waals surface area contributed by atoms with Gasteiger partial charge in [-0.3, -0.25) is 5.10 Å². The van der Waals surface area contributed by atoms with Gasteiger partial charge in [-0.1, -0.05) is 18.2 Å². The van der Waals surface area contributed by atoms with Crippen LogP contribution in [0.25, 0.3) is 5.69 Å². The standard InChI is InChI=1S/C16H19N5/c1-12(14-8-17-18-9-14)20-13(2)15-10-19-21(11-15)16-6-4-3-5-7-16/h3-13,20H,1-2H3,(H,17,18). The number of nitrogens with zero attached hydrogens (tertiary/aromatic N) is 3. The van der Waals surface area contributed by atoms with Gasteiger partial charge >= 0.3 is 0 Å². The van der Waals surface area contributed by atoms with Gasteiger partial charge in [-0.15, -0.1) is 0 Å². The molecule has 0 aliphatic rings. The molecule has 3 aromatic rings. The summed E-state index contributed by atoms with van der Waals surface area (Å²) in [6, 6.07) is 10.6. The highest BCUT2D eigenvalue weighted by Gasteiger charge is 2.13. The van der Waals surface area contributed by atoms with Crippen LogP contribution in [0.5, 0.6) is 0 Å². The predicted molar refractivity (Wildman–Crippen MR) is 82.1 cm³/mol. The third-order valence-electron chi connectivity index (χ3n) is 3.64. The predicted octanol–water partition coefficient (Wildman–Crippen LogP) is 3.01. The molecule has 2 heterocycles. The quantitative estimate of drug-likeness (QED) is 0.756. The highest BCUT2D eigenvalue weighted by Crippen LogP contribution is 2.19. The number of para-hydroxylation sites is 1. The zero-order valence-corrected chi connectivity index (χ0v) is 12.2. The van der Waals surface area contributed by atoms with Gasteiger partial charge in [0.25, 0.3) is 0 Å². The molecule has 108 valence electrons. The number of benzene rings is 1. The molecular weight excluding hydrogens is 262 g/mol. The van der Waals surface area contributed by atoms with Crippen molar-refractivity contribution < 1.29 is 0 Å². The SMILES string of the molecule is CC(NC(C)c1cnn(-c2ccccc2)c1)c1cn[nH]c1. The summed E-state index contributed by atoms with van der Waals surface area (Å²) in [7, 11) is 0. The second kappa shape index (κ2) is 5.93. The molecule has 5 nitrogen and oxygen atoms in total. The Morgan fingerprint density at radius 2 is 1.81 bits per heavy atom. The molecule has 2 aromatic heterocycles. The molecule has 0 amide bonds. The highest BCUT2D eigenvalue weighted by molar-refractivity contribution is 5.31. The van der Waals surface area contributed by atoms with Gasteiger partial charge in [0.15, 0.2) is 0 Å². The maximum atomic E-state index is 4.44. The Morgan fingerprint density at radius 1 is 1.05 bits per heavy atom. The summed E-state index contributed by atoms with van der Waals surface area (Å²) >= 11 is 0. The third-order valence-corrected chi connectivity index (χ3v) is 3.64. The molecule has 0 aliphatic heterocycles. The normalized spacial score (nSPS) is 14.0. The molecular formula is C16H19N5. The number of hydrogen-bond donors (Lipinski definition) is 2. The fourth-order valence-corrected chi connectivity index (χ4v) is 2.35. The van der Waals surface area contributed by atoms with Crippen LogP contribution in [-0.4, -0.2) is 20.0 Å². The van der Waals surface area contributed by atoms with Crippen LogP contribution in [0.4, 0.5) is 0 Å². The average Bonchev–Trinajstić information content (AvgIpc) is 3.20. The van der Waals surface area contributed by atoms with Crippen LogP contribution < -0.4 is 5.32 Å². The van der Waals surface area contributed by atoms with E-state index in [4.69, 9.17) is 0 Å². The van der Waals surface area contributed by atoms with Gasteiger partial charge in [-0.25, -0.2) is 4.68 Å². The van der Waals surface area contributed by atoms with Crippen molar-refractivity contribution in [1.29, 1.82) is 0 Å². The molecule has 0 saturated carbocycles. The molecule has 0 bridgehead atoms. The molecule has 1 aromatic carbocycles. The molecule has 2 atom stereocenters. The minimum Gasteiger partial charge on any atom is -0.303 e. The summed E-state index contributed by atoms with van der Waals surface area (Å²) in [5.41, 5.74) is 3.38. The first-order chi connectivity index (χ1) is 10.2. The summed E-state index contributed by atoms with van der Waals surface area (Å²) in [4.78, 5) is 0. The Morgan fingerprint density at radius 3 is 2.52 bits per heavy atom. The van der Waals surface area contributed by atoms with Gasteiger partial charge in [0.1, 0.15) is 0 Å². The van der Waals surface area contributed by atoms with E-state index < -0.39 is 0 Å². The lowest BCUT2D eigenvalue weighted by Crippen LogP contribution is -2.21. The Kier molecular flexibility index (Phi) is 3.83. The smallest absolute Gasteiger partial charge is 0.0645 e. The number of rotatable bonds is 5. The zero-order valence-electron chi connectivity index (χ0n) is 12.2. The lowest BCUT2D eigenvalue weighted by Gasteiger charge is -2.17. The first kappa shape index (κ1) is 13.6. The number of aromatic nitrogens is 4. The molecule has 0 spiro atoms. The molecule has 0 saturated heterocycles. The van der Waals surface area contributed by atoms with Crippen molar-refractivity contribution in [3.63, 3.8) is 0 Å². The van der Waals surface area contributed by atoms with E-state index in [1.165, 1.54) is 0 Å². The van der Waals surface area contributed by atoms with E-state index in [1.807, 2.05) is 53.6 Å². The van der Waals surface area contributed by atoms with E-state index >= 15 is 0 Å². The van der Waals surface area contributed by atoms with E-state index in [2.05, 4.69) is 40.7 Å². The van der Waals surface area contributed by atoms with E-state index in [0.29, 0.717) is 0 Å². The Balaban J connectivity index is 1.71. The van der Waals surface area contributed by atoms with E-state index in [0.717, 1.165) is 16.8 Å². The average molecular weight is 281 g/mol. The molecule has 5 heteroatoms. The van der Waals surface area contributed by atoms with Crippen LogP contribution >= 0.6 is 0 Å². The van der Waals surface area contributed by atoms with Crippen molar-refractivity contribution in [3.8, 4) is 5.69 Å². The van der Waals surface area contributed by atoms with Crippen molar-refractivity contribution in [2.75, 3.05) is 0 Å². The van der Waals surface area contributed by atoms with Gasteiger partial charge in [-0.05, 0) is 26.0 Å². The topological polar surface area (TPSA) is 58.5 Å². The first-order valence-electron chi connectivity index (χ1n) is 7.09. The molecule has 0 radical (unpaired) electrons.